The first-order chi connectivity index (χ1) is 29.3. The molecular weight excluding hydrogens is 805 g/mol. The number of benzene rings is 3. The number of rotatable bonds is 9. The number of nitrogens with zero attached hydrogens (tertiary/aromatic N) is 4. The van der Waals surface area contributed by atoms with Crippen molar-refractivity contribution in [3.05, 3.63) is 76.9 Å². The lowest BCUT2D eigenvalue weighted by Gasteiger charge is -2.58. The molecule has 0 N–H and O–H groups in total. The standard InChI is InChI=1S/C45H48N4O11S/c1-56-34(51)25-42-16-9-21-47-22-19-44(39(42)47)29-24-30(37(57-2)38(58-3)35(29)46-32(44)14-17-42)43-20-23-48(41(53)59-26-27-10-6-5-7-11-27)45(40(43)52)18-15-33(50)49(45)36-28(43)12-8-13-31(36)60-61(4,54)55/h5-8,10-13,24,39H,9,14-23,25-26H2,1-4H3/t39-,42-,43-,44-,45-/m1/s1. The van der Waals surface area contributed by atoms with Crippen LogP contribution in [-0.2, 0) is 51.4 Å². The van der Waals surface area contributed by atoms with Crippen LogP contribution >= 0.6 is 0 Å². The second kappa shape index (κ2) is 13.8. The van der Waals surface area contributed by atoms with E-state index in [0.29, 0.717) is 29.0 Å². The molecule has 10 rings (SSSR count). The summed E-state index contributed by atoms with van der Waals surface area (Å²) >= 11 is 0. The summed E-state index contributed by atoms with van der Waals surface area (Å²) in [7, 11) is 0.324. The highest BCUT2D eigenvalue weighted by atomic mass is 32.2. The summed E-state index contributed by atoms with van der Waals surface area (Å²) in [6.07, 6.45) is 4.21. The molecule has 0 aromatic heterocycles. The van der Waals surface area contributed by atoms with E-state index in [2.05, 4.69) is 4.90 Å². The van der Waals surface area contributed by atoms with Gasteiger partial charge in [-0.05, 0) is 85.9 Å². The van der Waals surface area contributed by atoms with Crippen LogP contribution in [0.25, 0.3) is 0 Å². The van der Waals surface area contributed by atoms with Crippen LogP contribution in [0.5, 0.6) is 17.2 Å². The molecule has 2 amide bonds. The van der Waals surface area contributed by atoms with Gasteiger partial charge in [-0.1, -0.05) is 42.5 Å². The number of amides is 2. The van der Waals surface area contributed by atoms with E-state index in [4.69, 9.17) is 28.1 Å². The molecule has 5 fully saturated rings. The van der Waals surface area contributed by atoms with E-state index in [1.807, 2.05) is 36.4 Å². The molecule has 4 saturated heterocycles. The number of Topliss-reactive ketones (excluding diaryl/α,β-unsaturated/α-hetero) is 1. The molecule has 320 valence electrons. The highest BCUT2D eigenvalue weighted by Gasteiger charge is 2.72. The molecule has 1 saturated carbocycles. The number of methoxy groups -OCH3 is 3. The van der Waals surface area contributed by atoms with Crippen LogP contribution in [0.3, 0.4) is 0 Å². The maximum absolute atomic E-state index is 16.3. The van der Waals surface area contributed by atoms with Gasteiger partial charge in [-0.2, -0.15) is 8.42 Å². The smallest absolute Gasteiger partial charge is 0.412 e. The number of hydrogen-bond acceptors (Lipinski definition) is 13. The van der Waals surface area contributed by atoms with Gasteiger partial charge in [0.15, 0.2) is 28.7 Å². The average molecular weight is 853 g/mol. The summed E-state index contributed by atoms with van der Waals surface area (Å²) in [5.41, 5.74) is -0.437. The molecule has 1 aliphatic carbocycles. The molecule has 3 aromatic rings. The number of anilines is 1. The molecule has 6 heterocycles. The third-order valence-electron chi connectivity index (χ3n) is 14.8. The first kappa shape index (κ1) is 39.6. The fourth-order valence-corrected chi connectivity index (χ4v) is 13.1. The first-order valence-corrected chi connectivity index (χ1v) is 22.7. The number of esters is 1. The summed E-state index contributed by atoms with van der Waals surface area (Å²) < 4.78 is 55.2. The minimum absolute atomic E-state index is 0.00612. The van der Waals surface area contributed by atoms with Gasteiger partial charge in [0.05, 0.1) is 50.5 Å². The molecule has 6 aliphatic heterocycles. The van der Waals surface area contributed by atoms with E-state index >= 15 is 4.79 Å². The van der Waals surface area contributed by atoms with E-state index < -0.39 is 44.4 Å². The predicted octanol–water partition coefficient (Wildman–Crippen LogP) is 5.31. The summed E-state index contributed by atoms with van der Waals surface area (Å²) in [4.78, 5) is 68.6. The molecule has 2 bridgehead atoms. The van der Waals surface area contributed by atoms with Gasteiger partial charge in [-0.25, -0.2) is 4.79 Å². The Morgan fingerprint density at radius 1 is 0.852 bits per heavy atom. The highest BCUT2D eigenvalue weighted by molar-refractivity contribution is 7.86. The zero-order chi connectivity index (χ0) is 42.7. The fraction of sp³-hybridized carbons (Fsp3) is 0.489. The van der Waals surface area contributed by atoms with E-state index in [1.54, 1.807) is 19.2 Å². The Bertz CT molecular complexity index is 2570. The predicted molar refractivity (Wildman–Crippen MR) is 221 cm³/mol. The second-order valence-corrected chi connectivity index (χ2v) is 19.1. The summed E-state index contributed by atoms with van der Waals surface area (Å²) in [6, 6.07) is 15.9. The lowest BCUT2D eigenvalue weighted by molar-refractivity contribution is -0.146. The maximum atomic E-state index is 16.3. The Morgan fingerprint density at radius 3 is 2.38 bits per heavy atom. The third kappa shape index (κ3) is 5.30. The number of likely N-dealkylation sites (tertiary alicyclic amines) is 1. The number of piperidine rings is 2. The van der Waals surface area contributed by atoms with E-state index in [9.17, 15) is 22.8 Å². The quantitative estimate of drug-likeness (QED) is 0.201. The van der Waals surface area contributed by atoms with Gasteiger partial charge in [0.25, 0.3) is 0 Å². The van der Waals surface area contributed by atoms with Crippen LogP contribution < -0.4 is 18.6 Å². The summed E-state index contributed by atoms with van der Waals surface area (Å²) in [6.45, 7) is 1.58. The van der Waals surface area contributed by atoms with Crippen molar-refractivity contribution in [2.75, 3.05) is 52.1 Å². The zero-order valence-electron chi connectivity index (χ0n) is 34.7. The number of aliphatic imine (C=N–C) groups is 1. The van der Waals surface area contributed by atoms with Crippen molar-refractivity contribution < 1.29 is 50.7 Å². The van der Waals surface area contributed by atoms with Crippen molar-refractivity contribution in [3.8, 4) is 17.2 Å². The molecule has 2 spiro atoms. The van der Waals surface area contributed by atoms with Crippen molar-refractivity contribution in [1.82, 2.24) is 9.80 Å². The van der Waals surface area contributed by atoms with Gasteiger partial charge in [-0.3, -0.25) is 34.1 Å². The SMILES string of the molecule is COC(=O)C[C@@]12CCCN3CC[C@@]4(C(=Nc5c4cc([C@@]46CCN(C(=O)OCc7ccccc7)[C@@]7(CCC(=O)N7c7c(OS(C)(=O)=O)cccc74)C6=O)c(OC)c5OC)CC1)[C@H]32. The second-order valence-electron chi connectivity index (χ2n) is 17.5. The Hall–Kier alpha value is -5.48. The highest BCUT2D eigenvalue weighted by Crippen LogP contribution is 2.68. The van der Waals surface area contributed by atoms with Gasteiger partial charge in [-0.15, -0.1) is 0 Å². The van der Waals surface area contributed by atoms with Crippen molar-refractivity contribution >= 4 is 51.0 Å². The van der Waals surface area contributed by atoms with Crippen LogP contribution in [0.4, 0.5) is 16.2 Å². The van der Waals surface area contributed by atoms with Crippen LogP contribution in [0.15, 0.2) is 59.6 Å². The van der Waals surface area contributed by atoms with Crippen molar-refractivity contribution in [2.24, 2.45) is 10.4 Å². The number of fused-ring (bicyclic) bond motifs is 5. The topological polar surface area (TPSA) is 171 Å². The Balaban J connectivity index is 1.21. The molecule has 7 aliphatic rings. The van der Waals surface area contributed by atoms with Gasteiger partial charge >= 0.3 is 22.2 Å². The number of ether oxygens (including phenoxy) is 4. The maximum Gasteiger partial charge on any atom is 0.412 e. The number of carbonyl (C=O) groups excluding carboxylic acids is 4. The molecule has 61 heavy (non-hydrogen) atoms. The van der Waals surface area contributed by atoms with Crippen molar-refractivity contribution in [1.29, 1.82) is 0 Å². The molecular formula is C45H48N4O11S. The zero-order valence-corrected chi connectivity index (χ0v) is 35.5. The van der Waals surface area contributed by atoms with Crippen LogP contribution in [0.1, 0.15) is 80.0 Å². The monoisotopic (exact) mass is 852 g/mol. The number of hydrogen-bond donors (Lipinski definition) is 0. The van der Waals surface area contributed by atoms with E-state index in [-0.39, 0.29) is 73.4 Å². The average Bonchev–Trinajstić information content (AvgIpc) is 3.92. The molecule has 3 aromatic carbocycles. The lowest BCUT2D eigenvalue weighted by atomic mass is 9.52. The third-order valence-corrected chi connectivity index (χ3v) is 15.3. The van der Waals surface area contributed by atoms with Gasteiger partial charge in [0.1, 0.15) is 12.3 Å². The van der Waals surface area contributed by atoms with Crippen molar-refractivity contribution in [2.45, 2.75) is 86.9 Å². The van der Waals surface area contributed by atoms with E-state index in [0.717, 1.165) is 61.9 Å². The van der Waals surface area contributed by atoms with Gasteiger partial charge in [0, 0.05) is 36.7 Å². The lowest BCUT2D eigenvalue weighted by Crippen LogP contribution is -2.75. The minimum Gasteiger partial charge on any atom is -0.492 e. The fourth-order valence-electron chi connectivity index (χ4n) is 12.7. The van der Waals surface area contributed by atoms with Crippen molar-refractivity contribution in [3.63, 3.8) is 0 Å². The Kier molecular flexibility index (Phi) is 8.94. The normalized spacial score (nSPS) is 29.4. The van der Waals surface area contributed by atoms with Gasteiger partial charge in [0.2, 0.25) is 5.91 Å². The molecule has 16 heteroatoms. The number of para-hydroxylation sites is 1. The molecule has 0 radical (unpaired) electrons. The molecule has 0 unspecified atom stereocenters. The van der Waals surface area contributed by atoms with E-state index in [1.165, 1.54) is 30.1 Å². The van der Waals surface area contributed by atoms with Crippen LogP contribution in [0.2, 0.25) is 0 Å². The number of carbonyl (C=O) groups is 4. The Morgan fingerprint density at radius 2 is 1.64 bits per heavy atom. The molecule has 15 nitrogen and oxygen atoms in total. The van der Waals surface area contributed by atoms with Crippen LogP contribution in [0, 0.1) is 5.41 Å². The molecule has 5 atom stereocenters. The summed E-state index contributed by atoms with van der Waals surface area (Å²) in [5.74, 6) is -0.721. The Labute approximate surface area is 354 Å². The summed E-state index contributed by atoms with van der Waals surface area (Å²) in [5, 5.41) is 0. The van der Waals surface area contributed by atoms with Gasteiger partial charge < -0.3 is 23.1 Å². The number of ketones is 1. The minimum atomic E-state index is -4.16. The largest absolute Gasteiger partial charge is 0.492 e. The van der Waals surface area contributed by atoms with Crippen LogP contribution in [-0.4, -0.2) is 107 Å². The first-order valence-electron chi connectivity index (χ1n) is 20.9.